The van der Waals surface area contributed by atoms with E-state index < -0.39 is 0 Å². The molecule has 0 bridgehead atoms. The highest BCUT2D eigenvalue weighted by Gasteiger charge is 2.06. The molecule has 1 aromatic carbocycles. The van der Waals surface area contributed by atoms with Crippen LogP contribution in [-0.2, 0) is 17.8 Å². The first-order chi connectivity index (χ1) is 9.84. The van der Waals surface area contributed by atoms with Crippen LogP contribution >= 0.6 is 12.0 Å². The minimum Gasteiger partial charge on any atom is -0.327 e. The average molecular weight is 286 g/mol. The van der Waals surface area contributed by atoms with Gasteiger partial charge in [-0.25, -0.2) is 9.97 Å². The molecule has 0 saturated carbocycles. The van der Waals surface area contributed by atoms with Crippen LogP contribution in [0.3, 0.4) is 0 Å². The SMILES string of the molecule is Cn1ccnc1SOCc1ccccc1-n1ccnc1. The van der Waals surface area contributed by atoms with Gasteiger partial charge in [-0.2, -0.15) is 0 Å². The first kappa shape index (κ1) is 13.0. The average Bonchev–Trinajstić information content (AvgIpc) is 3.12. The molecule has 0 N–H and O–H groups in total. The quantitative estimate of drug-likeness (QED) is 0.677. The van der Waals surface area contributed by atoms with Crippen molar-refractivity contribution in [3.63, 3.8) is 0 Å². The van der Waals surface area contributed by atoms with Crippen molar-refractivity contribution in [2.75, 3.05) is 0 Å². The molecule has 0 fully saturated rings. The molecule has 0 aliphatic heterocycles. The molecule has 0 aliphatic carbocycles. The molecule has 0 atom stereocenters. The molecular weight excluding hydrogens is 272 g/mol. The highest BCUT2D eigenvalue weighted by atomic mass is 32.2. The van der Waals surface area contributed by atoms with Crippen molar-refractivity contribution in [1.29, 1.82) is 0 Å². The summed E-state index contributed by atoms with van der Waals surface area (Å²) in [6, 6.07) is 8.11. The Hall–Kier alpha value is -2.05. The molecule has 2 heterocycles. The van der Waals surface area contributed by atoms with E-state index in [0.29, 0.717) is 6.61 Å². The van der Waals surface area contributed by atoms with Gasteiger partial charge in [-0.05, 0) is 6.07 Å². The molecule has 6 heteroatoms. The number of aryl methyl sites for hydroxylation is 1. The van der Waals surface area contributed by atoms with E-state index in [1.54, 1.807) is 18.7 Å². The zero-order valence-electron chi connectivity index (χ0n) is 11.0. The summed E-state index contributed by atoms with van der Waals surface area (Å²) in [6.07, 6.45) is 9.12. The van der Waals surface area contributed by atoms with E-state index in [9.17, 15) is 0 Å². The molecule has 0 radical (unpaired) electrons. The minimum absolute atomic E-state index is 0.506. The summed E-state index contributed by atoms with van der Waals surface area (Å²) in [5.74, 6) is 0. The maximum atomic E-state index is 5.68. The molecule has 102 valence electrons. The van der Waals surface area contributed by atoms with Gasteiger partial charge in [-0.3, -0.25) is 0 Å². The Morgan fingerprint density at radius 1 is 1.20 bits per heavy atom. The Morgan fingerprint density at radius 2 is 2.10 bits per heavy atom. The molecule has 5 nitrogen and oxygen atoms in total. The zero-order valence-corrected chi connectivity index (χ0v) is 11.8. The lowest BCUT2D eigenvalue weighted by Crippen LogP contribution is -1.98. The van der Waals surface area contributed by atoms with Gasteiger partial charge in [0.15, 0.2) is 5.16 Å². The standard InChI is InChI=1S/C14H14N4OS/c1-17-8-7-16-14(17)20-19-10-12-4-2-3-5-13(12)18-9-6-15-11-18/h2-9,11H,10H2,1H3. The molecule has 0 unspecified atom stereocenters. The third-order valence-electron chi connectivity index (χ3n) is 2.90. The van der Waals surface area contributed by atoms with Gasteiger partial charge >= 0.3 is 0 Å². The van der Waals surface area contributed by atoms with E-state index in [1.165, 1.54) is 12.0 Å². The van der Waals surface area contributed by atoms with Crippen LogP contribution in [0.1, 0.15) is 5.56 Å². The van der Waals surface area contributed by atoms with Crippen LogP contribution in [0.25, 0.3) is 5.69 Å². The van der Waals surface area contributed by atoms with Gasteiger partial charge in [0, 0.05) is 37.4 Å². The summed E-state index contributed by atoms with van der Waals surface area (Å²) in [7, 11) is 1.94. The summed E-state index contributed by atoms with van der Waals surface area (Å²) >= 11 is 1.28. The number of nitrogens with zero attached hydrogens (tertiary/aromatic N) is 4. The van der Waals surface area contributed by atoms with Crippen molar-refractivity contribution < 1.29 is 4.18 Å². The fourth-order valence-corrected chi connectivity index (χ4v) is 2.44. The summed E-state index contributed by atoms with van der Waals surface area (Å²) in [5.41, 5.74) is 2.18. The number of para-hydroxylation sites is 1. The second-order valence-corrected chi connectivity index (χ2v) is 5.03. The molecule has 0 spiro atoms. The Morgan fingerprint density at radius 3 is 2.85 bits per heavy atom. The zero-order chi connectivity index (χ0) is 13.8. The van der Waals surface area contributed by atoms with Crippen molar-refractivity contribution >= 4 is 12.0 Å². The Labute approximate surface area is 121 Å². The van der Waals surface area contributed by atoms with Crippen molar-refractivity contribution in [1.82, 2.24) is 19.1 Å². The molecule has 0 saturated heterocycles. The first-order valence-corrected chi connectivity index (χ1v) is 6.92. The summed E-state index contributed by atoms with van der Waals surface area (Å²) < 4.78 is 9.58. The minimum atomic E-state index is 0.506. The summed E-state index contributed by atoms with van der Waals surface area (Å²) in [5, 5.41) is 0.838. The van der Waals surface area contributed by atoms with Gasteiger partial charge in [-0.1, -0.05) is 18.2 Å². The van der Waals surface area contributed by atoms with Crippen LogP contribution < -0.4 is 0 Å². The van der Waals surface area contributed by atoms with Gasteiger partial charge < -0.3 is 13.3 Å². The van der Waals surface area contributed by atoms with Gasteiger partial charge in [0.1, 0.15) is 0 Å². The van der Waals surface area contributed by atoms with Crippen LogP contribution in [-0.4, -0.2) is 19.1 Å². The molecular formula is C14H14N4OS. The molecule has 20 heavy (non-hydrogen) atoms. The van der Waals surface area contributed by atoms with Crippen LogP contribution in [0.15, 0.2) is 60.5 Å². The van der Waals surface area contributed by atoms with E-state index in [1.807, 2.05) is 52.8 Å². The number of aromatic nitrogens is 4. The highest BCUT2D eigenvalue weighted by molar-refractivity contribution is 7.94. The van der Waals surface area contributed by atoms with Crippen molar-refractivity contribution in [3.8, 4) is 5.69 Å². The molecule has 0 aliphatic rings. The van der Waals surface area contributed by atoms with Crippen molar-refractivity contribution in [2.24, 2.45) is 7.05 Å². The maximum Gasteiger partial charge on any atom is 0.195 e. The second-order valence-electron chi connectivity index (χ2n) is 4.26. The topological polar surface area (TPSA) is 44.9 Å². The van der Waals surface area contributed by atoms with Gasteiger partial charge in [0.05, 0.1) is 30.7 Å². The van der Waals surface area contributed by atoms with Crippen LogP contribution in [0, 0.1) is 0 Å². The van der Waals surface area contributed by atoms with Gasteiger partial charge in [0.25, 0.3) is 0 Å². The van der Waals surface area contributed by atoms with E-state index in [0.717, 1.165) is 16.4 Å². The predicted molar refractivity (Wildman–Crippen MR) is 77.4 cm³/mol. The lowest BCUT2D eigenvalue weighted by atomic mass is 10.2. The van der Waals surface area contributed by atoms with Crippen LogP contribution in [0.5, 0.6) is 0 Å². The van der Waals surface area contributed by atoms with Crippen LogP contribution in [0.2, 0.25) is 0 Å². The molecule has 3 rings (SSSR count). The Kier molecular flexibility index (Phi) is 3.85. The van der Waals surface area contributed by atoms with E-state index in [2.05, 4.69) is 9.97 Å². The normalized spacial score (nSPS) is 10.8. The summed E-state index contributed by atoms with van der Waals surface area (Å²) in [6.45, 7) is 0.506. The van der Waals surface area contributed by atoms with E-state index >= 15 is 0 Å². The number of hydrogen-bond acceptors (Lipinski definition) is 4. The summed E-state index contributed by atoms with van der Waals surface area (Å²) in [4.78, 5) is 8.28. The third kappa shape index (κ3) is 2.76. The number of imidazole rings is 2. The number of hydrogen-bond donors (Lipinski definition) is 0. The number of benzene rings is 1. The van der Waals surface area contributed by atoms with E-state index in [-0.39, 0.29) is 0 Å². The fraction of sp³-hybridized carbons (Fsp3) is 0.143. The predicted octanol–water partition coefficient (Wildman–Crippen LogP) is 2.83. The fourth-order valence-electron chi connectivity index (χ4n) is 1.86. The Bertz CT molecular complexity index is 678. The van der Waals surface area contributed by atoms with Crippen LogP contribution in [0.4, 0.5) is 0 Å². The second kappa shape index (κ2) is 5.94. The molecule has 3 aromatic rings. The van der Waals surface area contributed by atoms with Gasteiger partial charge in [0.2, 0.25) is 0 Å². The lowest BCUT2D eigenvalue weighted by Gasteiger charge is -2.09. The van der Waals surface area contributed by atoms with Gasteiger partial charge in [-0.15, -0.1) is 0 Å². The third-order valence-corrected chi connectivity index (χ3v) is 3.68. The largest absolute Gasteiger partial charge is 0.327 e. The van der Waals surface area contributed by atoms with Crippen molar-refractivity contribution in [2.45, 2.75) is 11.8 Å². The molecule has 2 aromatic heterocycles. The van der Waals surface area contributed by atoms with Crippen molar-refractivity contribution in [3.05, 3.63) is 60.9 Å². The smallest absolute Gasteiger partial charge is 0.195 e. The Balaban J connectivity index is 1.70. The highest BCUT2D eigenvalue weighted by Crippen LogP contribution is 2.21. The monoisotopic (exact) mass is 286 g/mol. The lowest BCUT2D eigenvalue weighted by molar-refractivity contribution is 0.360. The molecule has 0 amide bonds. The van der Waals surface area contributed by atoms with E-state index in [4.69, 9.17) is 4.18 Å². The number of rotatable bonds is 5. The maximum absolute atomic E-state index is 5.68. The first-order valence-electron chi connectivity index (χ1n) is 6.17.